The van der Waals surface area contributed by atoms with Crippen molar-refractivity contribution in [1.29, 1.82) is 0 Å². The van der Waals surface area contributed by atoms with Crippen LogP contribution in [0.2, 0.25) is 5.02 Å². The first-order valence-electron chi connectivity index (χ1n) is 8.73. The zero-order valence-corrected chi connectivity index (χ0v) is 18.1. The zero-order valence-electron chi connectivity index (χ0n) is 15.7. The summed E-state index contributed by atoms with van der Waals surface area (Å²) < 4.78 is 32.2. The first-order chi connectivity index (χ1) is 14.7. The largest absolute Gasteiger partial charge is 0.479 e. The van der Waals surface area contributed by atoms with Crippen molar-refractivity contribution >= 4 is 44.9 Å². The fraction of sp³-hybridized carbons (Fsp3) is 0.100. The number of benzene rings is 2. The molecule has 3 aromatic rings. The number of aromatic carboxylic acids is 1. The summed E-state index contributed by atoms with van der Waals surface area (Å²) in [4.78, 5) is 22.6. The molecule has 0 amide bonds. The van der Waals surface area contributed by atoms with Gasteiger partial charge in [0.05, 0.1) is 9.77 Å². The van der Waals surface area contributed by atoms with Crippen molar-refractivity contribution in [3.8, 4) is 16.2 Å². The van der Waals surface area contributed by atoms with Crippen molar-refractivity contribution in [1.82, 2.24) is 4.72 Å². The highest BCUT2D eigenvalue weighted by atomic mass is 35.5. The van der Waals surface area contributed by atoms with Crippen LogP contribution < -0.4 is 9.46 Å². The van der Waals surface area contributed by atoms with Crippen LogP contribution in [0.25, 0.3) is 10.4 Å². The molecule has 1 heterocycles. The minimum atomic E-state index is -3.65. The minimum Gasteiger partial charge on any atom is -0.479 e. The quantitative estimate of drug-likeness (QED) is 0.424. The molecule has 0 saturated carbocycles. The Labute approximate surface area is 186 Å². The van der Waals surface area contributed by atoms with Gasteiger partial charge in [0, 0.05) is 6.54 Å². The van der Waals surface area contributed by atoms with Gasteiger partial charge in [-0.2, -0.15) is 0 Å². The van der Waals surface area contributed by atoms with Gasteiger partial charge in [-0.1, -0.05) is 54.1 Å². The van der Waals surface area contributed by atoms with Crippen LogP contribution in [0.4, 0.5) is 0 Å². The third kappa shape index (κ3) is 5.42. The number of hydrogen-bond acceptors (Lipinski definition) is 6. The second kappa shape index (κ2) is 9.48. The van der Waals surface area contributed by atoms with Crippen LogP contribution in [-0.2, 0) is 21.4 Å². The number of halogens is 1. The number of sulfonamides is 1. The lowest BCUT2D eigenvalue weighted by atomic mass is 10.1. The van der Waals surface area contributed by atoms with Gasteiger partial charge in [-0.3, -0.25) is 0 Å². The second-order valence-electron chi connectivity index (χ2n) is 6.23. The molecule has 31 heavy (non-hydrogen) atoms. The molecule has 1 aromatic heterocycles. The Morgan fingerprint density at radius 1 is 1.03 bits per heavy atom. The highest BCUT2D eigenvalue weighted by Gasteiger charge is 2.24. The first kappa shape index (κ1) is 22.8. The predicted molar refractivity (Wildman–Crippen MR) is 115 cm³/mol. The van der Waals surface area contributed by atoms with E-state index < -0.39 is 28.6 Å². The molecule has 3 N–H and O–H groups in total. The van der Waals surface area contributed by atoms with Crippen molar-refractivity contribution in [2.75, 3.05) is 6.61 Å². The summed E-state index contributed by atoms with van der Waals surface area (Å²) in [7, 11) is -3.65. The van der Waals surface area contributed by atoms with E-state index in [-0.39, 0.29) is 27.1 Å². The molecular formula is C20H16ClNO7S2. The number of ether oxygens (including phenoxy) is 1. The Morgan fingerprint density at radius 3 is 2.26 bits per heavy atom. The molecule has 0 radical (unpaired) electrons. The van der Waals surface area contributed by atoms with Crippen molar-refractivity contribution < 1.29 is 33.0 Å². The number of nitrogens with one attached hydrogen (secondary N) is 1. The SMILES string of the molecule is O=C(O)COc1c(C(=O)O)sc(-c2ccc(CNS(=O)(=O)c3ccccc3)cc2)c1Cl. The molecule has 0 bridgehead atoms. The van der Waals surface area contributed by atoms with Crippen LogP contribution >= 0.6 is 22.9 Å². The summed E-state index contributed by atoms with van der Waals surface area (Å²) in [5, 5.41) is 18.1. The fourth-order valence-electron chi connectivity index (χ4n) is 2.62. The van der Waals surface area contributed by atoms with E-state index in [4.69, 9.17) is 21.4 Å². The smallest absolute Gasteiger partial charge is 0.349 e. The van der Waals surface area contributed by atoms with Gasteiger partial charge in [-0.25, -0.2) is 22.7 Å². The van der Waals surface area contributed by atoms with Crippen molar-refractivity contribution in [2.24, 2.45) is 0 Å². The first-order valence-corrected chi connectivity index (χ1v) is 11.4. The van der Waals surface area contributed by atoms with Crippen LogP contribution in [0.1, 0.15) is 15.2 Å². The molecule has 11 heteroatoms. The molecule has 162 valence electrons. The fourth-order valence-corrected chi connectivity index (χ4v) is 5.07. The van der Waals surface area contributed by atoms with E-state index in [9.17, 15) is 23.1 Å². The molecule has 0 unspecified atom stereocenters. The molecular weight excluding hydrogens is 466 g/mol. The maximum absolute atomic E-state index is 12.3. The Morgan fingerprint density at radius 2 is 1.68 bits per heavy atom. The van der Waals surface area contributed by atoms with E-state index in [1.54, 1.807) is 42.5 Å². The molecule has 0 saturated heterocycles. The summed E-state index contributed by atoms with van der Waals surface area (Å²) in [6, 6.07) is 14.7. The number of hydrogen-bond donors (Lipinski definition) is 3. The Kier molecular flexibility index (Phi) is 6.96. The summed E-state index contributed by atoms with van der Waals surface area (Å²) in [5.74, 6) is -2.75. The van der Waals surface area contributed by atoms with Crippen LogP contribution in [0.15, 0.2) is 59.5 Å². The average molecular weight is 482 g/mol. The number of carboxylic acids is 2. The van der Waals surface area contributed by atoms with Gasteiger partial charge in [0.25, 0.3) is 0 Å². The van der Waals surface area contributed by atoms with Gasteiger partial charge in [-0.15, -0.1) is 11.3 Å². The lowest BCUT2D eigenvalue weighted by Crippen LogP contribution is -2.23. The normalized spacial score (nSPS) is 11.3. The van der Waals surface area contributed by atoms with Crippen LogP contribution in [-0.4, -0.2) is 37.2 Å². The highest BCUT2D eigenvalue weighted by molar-refractivity contribution is 7.89. The number of carbonyl (C=O) groups is 2. The highest BCUT2D eigenvalue weighted by Crippen LogP contribution is 2.45. The van der Waals surface area contributed by atoms with Gasteiger partial charge in [0.2, 0.25) is 10.0 Å². The number of thiophene rings is 1. The molecule has 0 aliphatic rings. The summed E-state index contributed by atoms with van der Waals surface area (Å²) >= 11 is 7.12. The lowest BCUT2D eigenvalue weighted by molar-refractivity contribution is -0.139. The zero-order chi connectivity index (χ0) is 22.6. The van der Waals surface area contributed by atoms with E-state index in [1.807, 2.05) is 0 Å². The van der Waals surface area contributed by atoms with Gasteiger partial charge in [0.15, 0.2) is 17.2 Å². The summed E-state index contributed by atoms with van der Waals surface area (Å²) in [6.07, 6.45) is 0. The standard InChI is InChI=1S/C20H16ClNO7S2/c21-16-17(29-11-15(23)24)19(20(25)26)30-18(16)13-8-6-12(7-9-13)10-22-31(27,28)14-4-2-1-3-5-14/h1-9,22H,10-11H2,(H,23,24)(H,25,26). The number of rotatable bonds is 9. The third-order valence-electron chi connectivity index (χ3n) is 4.08. The van der Waals surface area contributed by atoms with E-state index in [2.05, 4.69) is 4.72 Å². The third-order valence-corrected chi connectivity index (χ3v) is 7.18. The molecule has 0 aliphatic carbocycles. The molecule has 0 atom stereocenters. The van der Waals surface area contributed by atoms with Crippen LogP contribution in [0, 0.1) is 0 Å². The monoisotopic (exact) mass is 481 g/mol. The van der Waals surface area contributed by atoms with Crippen LogP contribution in [0.3, 0.4) is 0 Å². The Bertz CT molecular complexity index is 1210. The Hall–Kier alpha value is -2.92. The summed E-state index contributed by atoms with van der Waals surface area (Å²) in [6.45, 7) is -0.667. The maximum atomic E-state index is 12.3. The van der Waals surface area contributed by atoms with Gasteiger partial charge in [-0.05, 0) is 23.3 Å². The van der Waals surface area contributed by atoms with Gasteiger partial charge in [0.1, 0.15) is 5.02 Å². The van der Waals surface area contributed by atoms with E-state index >= 15 is 0 Å². The number of carboxylic acid groups (broad SMARTS) is 2. The van der Waals surface area contributed by atoms with Crippen molar-refractivity contribution in [3.63, 3.8) is 0 Å². The topological polar surface area (TPSA) is 130 Å². The van der Waals surface area contributed by atoms with Crippen LogP contribution in [0.5, 0.6) is 5.75 Å². The second-order valence-corrected chi connectivity index (χ2v) is 9.39. The molecule has 0 fully saturated rings. The number of aliphatic carboxylic acids is 1. The molecule has 8 nitrogen and oxygen atoms in total. The summed E-state index contributed by atoms with van der Waals surface area (Å²) in [5.41, 5.74) is 1.26. The molecule has 2 aromatic carbocycles. The molecule has 0 aliphatic heterocycles. The molecule has 0 spiro atoms. The van der Waals surface area contributed by atoms with Crippen molar-refractivity contribution in [3.05, 3.63) is 70.1 Å². The Balaban J connectivity index is 1.79. The minimum absolute atomic E-state index is 0.00109. The van der Waals surface area contributed by atoms with E-state index in [0.29, 0.717) is 16.0 Å². The maximum Gasteiger partial charge on any atom is 0.349 e. The van der Waals surface area contributed by atoms with Crippen molar-refractivity contribution in [2.45, 2.75) is 11.4 Å². The lowest BCUT2D eigenvalue weighted by Gasteiger charge is -2.08. The average Bonchev–Trinajstić information content (AvgIpc) is 3.08. The van der Waals surface area contributed by atoms with E-state index in [0.717, 1.165) is 11.3 Å². The van der Waals surface area contributed by atoms with E-state index in [1.165, 1.54) is 12.1 Å². The predicted octanol–water partition coefficient (Wildman–Crippen LogP) is 3.71. The van der Waals surface area contributed by atoms with Gasteiger partial charge < -0.3 is 14.9 Å². The molecule has 3 rings (SSSR count). The van der Waals surface area contributed by atoms with Gasteiger partial charge >= 0.3 is 11.9 Å².